The standard InChI is InChI=1S/C10H13Br2N/c1-6(2)10(13)8-5-7(11)3-4-9(8)12/h3-6,10H,13H2,1-2H3/t10-/m0/s1. The zero-order valence-electron chi connectivity index (χ0n) is 7.72. The van der Waals surface area contributed by atoms with Crippen LogP contribution in [0.25, 0.3) is 0 Å². The Bertz CT molecular complexity index is 297. The highest BCUT2D eigenvalue weighted by Gasteiger charge is 2.13. The molecule has 0 aromatic heterocycles. The van der Waals surface area contributed by atoms with Crippen molar-refractivity contribution in [1.29, 1.82) is 0 Å². The first-order valence-corrected chi connectivity index (χ1v) is 5.81. The van der Waals surface area contributed by atoms with Crippen molar-refractivity contribution in [1.82, 2.24) is 0 Å². The van der Waals surface area contributed by atoms with Gasteiger partial charge in [0.2, 0.25) is 0 Å². The molecule has 0 radical (unpaired) electrons. The van der Waals surface area contributed by atoms with Crippen molar-refractivity contribution < 1.29 is 0 Å². The van der Waals surface area contributed by atoms with E-state index >= 15 is 0 Å². The maximum atomic E-state index is 6.06. The molecule has 1 atom stereocenters. The maximum Gasteiger partial charge on any atom is 0.0329 e. The molecule has 0 unspecified atom stereocenters. The largest absolute Gasteiger partial charge is 0.324 e. The summed E-state index contributed by atoms with van der Waals surface area (Å²) in [5.41, 5.74) is 7.21. The lowest BCUT2D eigenvalue weighted by Crippen LogP contribution is -2.17. The second-order valence-corrected chi connectivity index (χ2v) is 5.21. The lowest BCUT2D eigenvalue weighted by molar-refractivity contribution is 0.512. The Labute approximate surface area is 96.0 Å². The first kappa shape index (κ1) is 11.2. The van der Waals surface area contributed by atoms with Crippen molar-refractivity contribution in [2.75, 3.05) is 0 Å². The summed E-state index contributed by atoms with van der Waals surface area (Å²) in [6.07, 6.45) is 0. The molecule has 2 N–H and O–H groups in total. The van der Waals surface area contributed by atoms with Gasteiger partial charge in [-0.25, -0.2) is 0 Å². The molecule has 3 heteroatoms. The van der Waals surface area contributed by atoms with E-state index in [9.17, 15) is 0 Å². The third-order valence-electron chi connectivity index (χ3n) is 2.04. The maximum absolute atomic E-state index is 6.06. The monoisotopic (exact) mass is 305 g/mol. The second-order valence-electron chi connectivity index (χ2n) is 3.44. The van der Waals surface area contributed by atoms with E-state index in [1.54, 1.807) is 0 Å². The quantitative estimate of drug-likeness (QED) is 0.882. The molecule has 0 aliphatic carbocycles. The molecule has 0 fully saturated rings. The van der Waals surface area contributed by atoms with E-state index in [0.29, 0.717) is 5.92 Å². The average molecular weight is 307 g/mol. The molecule has 0 saturated heterocycles. The number of benzene rings is 1. The minimum atomic E-state index is 0.0897. The van der Waals surface area contributed by atoms with Gasteiger partial charge in [-0.2, -0.15) is 0 Å². The predicted molar refractivity (Wildman–Crippen MR) is 63.6 cm³/mol. The van der Waals surface area contributed by atoms with E-state index in [1.165, 1.54) is 0 Å². The van der Waals surface area contributed by atoms with Gasteiger partial charge in [0.05, 0.1) is 0 Å². The minimum Gasteiger partial charge on any atom is -0.324 e. The highest BCUT2D eigenvalue weighted by atomic mass is 79.9. The Balaban J connectivity index is 3.05. The average Bonchev–Trinajstić information content (AvgIpc) is 2.08. The summed E-state index contributed by atoms with van der Waals surface area (Å²) in [7, 11) is 0. The molecule has 1 aromatic carbocycles. The van der Waals surface area contributed by atoms with Crippen molar-refractivity contribution in [3.63, 3.8) is 0 Å². The van der Waals surface area contributed by atoms with Gasteiger partial charge in [-0.15, -0.1) is 0 Å². The van der Waals surface area contributed by atoms with E-state index in [2.05, 4.69) is 51.8 Å². The molecule has 0 aliphatic heterocycles. The van der Waals surface area contributed by atoms with Gasteiger partial charge in [0.25, 0.3) is 0 Å². The van der Waals surface area contributed by atoms with Crippen LogP contribution in [0.15, 0.2) is 27.1 Å². The van der Waals surface area contributed by atoms with Gasteiger partial charge in [0.1, 0.15) is 0 Å². The minimum absolute atomic E-state index is 0.0897. The van der Waals surface area contributed by atoms with E-state index in [-0.39, 0.29) is 6.04 Å². The van der Waals surface area contributed by atoms with Gasteiger partial charge in [0, 0.05) is 15.0 Å². The highest BCUT2D eigenvalue weighted by Crippen LogP contribution is 2.29. The zero-order chi connectivity index (χ0) is 10.0. The summed E-state index contributed by atoms with van der Waals surface area (Å²) in [6, 6.07) is 6.17. The second kappa shape index (κ2) is 4.58. The van der Waals surface area contributed by atoms with Crippen LogP contribution in [0, 0.1) is 5.92 Å². The summed E-state index contributed by atoms with van der Waals surface area (Å²) in [6.45, 7) is 4.25. The van der Waals surface area contributed by atoms with Crippen LogP contribution in [-0.4, -0.2) is 0 Å². The topological polar surface area (TPSA) is 26.0 Å². The Morgan fingerprint density at radius 1 is 1.23 bits per heavy atom. The third kappa shape index (κ3) is 2.79. The number of rotatable bonds is 2. The molecule has 0 heterocycles. The summed E-state index contributed by atoms with van der Waals surface area (Å²) in [5, 5.41) is 0. The molecule has 0 amide bonds. The van der Waals surface area contributed by atoms with Crippen LogP contribution in [0.5, 0.6) is 0 Å². The van der Waals surface area contributed by atoms with Gasteiger partial charge in [-0.3, -0.25) is 0 Å². The Morgan fingerprint density at radius 2 is 1.85 bits per heavy atom. The number of hydrogen-bond acceptors (Lipinski definition) is 1. The van der Waals surface area contributed by atoms with Crippen LogP contribution in [0.3, 0.4) is 0 Å². The summed E-state index contributed by atoms with van der Waals surface area (Å²) in [5.74, 6) is 0.450. The lowest BCUT2D eigenvalue weighted by Gasteiger charge is -2.17. The van der Waals surface area contributed by atoms with Crippen LogP contribution in [-0.2, 0) is 0 Å². The van der Waals surface area contributed by atoms with Crippen LogP contribution in [0.2, 0.25) is 0 Å². The Kier molecular flexibility index (Phi) is 3.95. The van der Waals surface area contributed by atoms with Crippen molar-refractivity contribution in [2.45, 2.75) is 19.9 Å². The fourth-order valence-corrected chi connectivity index (χ4v) is 2.02. The SMILES string of the molecule is CC(C)[C@H](N)c1cc(Br)ccc1Br. The van der Waals surface area contributed by atoms with Crippen molar-refractivity contribution in [3.05, 3.63) is 32.7 Å². The van der Waals surface area contributed by atoms with Crippen molar-refractivity contribution >= 4 is 31.9 Å². The van der Waals surface area contributed by atoms with Gasteiger partial charge in [-0.05, 0) is 29.7 Å². The molecule has 0 bridgehead atoms. The van der Waals surface area contributed by atoms with Crippen LogP contribution < -0.4 is 5.73 Å². The van der Waals surface area contributed by atoms with Gasteiger partial charge < -0.3 is 5.73 Å². The first-order valence-electron chi connectivity index (χ1n) is 4.23. The number of halogens is 2. The summed E-state index contributed by atoms with van der Waals surface area (Å²) in [4.78, 5) is 0. The Hall–Kier alpha value is 0.140. The summed E-state index contributed by atoms with van der Waals surface area (Å²) < 4.78 is 2.15. The predicted octanol–water partition coefficient (Wildman–Crippen LogP) is 3.87. The molecule has 72 valence electrons. The van der Waals surface area contributed by atoms with E-state index < -0.39 is 0 Å². The van der Waals surface area contributed by atoms with Gasteiger partial charge >= 0.3 is 0 Å². The smallest absolute Gasteiger partial charge is 0.0329 e. The molecule has 1 aromatic rings. The Morgan fingerprint density at radius 3 is 2.38 bits per heavy atom. The van der Waals surface area contributed by atoms with Crippen LogP contribution in [0.4, 0.5) is 0 Å². The van der Waals surface area contributed by atoms with Gasteiger partial charge in [-0.1, -0.05) is 45.7 Å². The zero-order valence-corrected chi connectivity index (χ0v) is 10.9. The number of nitrogens with two attached hydrogens (primary N) is 1. The molecular weight excluding hydrogens is 294 g/mol. The van der Waals surface area contributed by atoms with Crippen LogP contribution in [0.1, 0.15) is 25.5 Å². The van der Waals surface area contributed by atoms with Crippen LogP contribution >= 0.6 is 31.9 Å². The molecule has 1 nitrogen and oxygen atoms in total. The van der Waals surface area contributed by atoms with E-state index in [0.717, 1.165) is 14.5 Å². The lowest BCUT2D eigenvalue weighted by atomic mass is 9.97. The fourth-order valence-electron chi connectivity index (χ4n) is 1.13. The van der Waals surface area contributed by atoms with E-state index in [1.807, 2.05) is 12.1 Å². The molecule has 0 saturated carbocycles. The summed E-state index contributed by atoms with van der Waals surface area (Å²) >= 11 is 6.94. The van der Waals surface area contributed by atoms with Gasteiger partial charge in [0.15, 0.2) is 0 Å². The number of hydrogen-bond donors (Lipinski definition) is 1. The molecular formula is C10H13Br2N. The molecule has 0 spiro atoms. The highest BCUT2D eigenvalue weighted by molar-refractivity contribution is 9.11. The van der Waals surface area contributed by atoms with Crippen molar-refractivity contribution in [3.8, 4) is 0 Å². The van der Waals surface area contributed by atoms with Crippen molar-refractivity contribution in [2.24, 2.45) is 11.7 Å². The van der Waals surface area contributed by atoms with E-state index in [4.69, 9.17) is 5.73 Å². The third-order valence-corrected chi connectivity index (χ3v) is 3.25. The normalized spacial score (nSPS) is 13.4. The molecule has 0 aliphatic rings. The molecule has 13 heavy (non-hydrogen) atoms. The molecule has 1 rings (SSSR count). The first-order chi connectivity index (χ1) is 6.02. The fraction of sp³-hybridized carbons (Fsp3) is 0.400.